The predicted octanol–water partition coefficient (Wildman–Crippen LogP) is 3.24. The van der Waals surface area contributed by atoms with Gasteiger partial charge in [-0.05, 0) is 32.8 Å². The number of thiophene rings is 1. The number of carbonyl (C=O) groups is 2. The molecule has 0 saturated heterocycles. The lowest BCUT2D eigenvalue weighted by Gasteiger charge is -2.06. The molecule has 1 heterocycles. The first-order valence-corrected chi connectivity index (χ1v) is 8.11. The molecule has 1 amide bonds. The summed E-state index contributed by atoms with van der Waals surface area (Å²) in [7, 11) is 0. The fraction of sp³-hybridized carbons (Fsp3) is 0.600. The molecular formula is C15H23NO4S. The summed E-state index contributed by atoms with van der Waals surface area (Å²) in [4.78, 5) is 24.8. The third-order valence-electron chi connectivity index (χ3n) is 2.78. The second kappa shape index (κ2) is 9.52. The number of aryl methyl sites for hydroxylation is 1. The molecule has 0 bridgehead atoms. The lowest BCUT2D eigenvalue weighted by atomic mass is 10.2. The highest BCUT2D eigenvalue weighted by Crippen LogP contribution is 2.29. The van der Waals surface area contributed by atoms with Crippen molar-refractivity contribution in [1.82, 2.24) is 0 Å². The molecule has 0 atom stereocenters. The van der Waals surface area contributed by atoms with Crippen LogP contribution >= 0.6 is 11.3 Å². The van der Waals surface area contributed by atoms with Crippen molar-refractivity contribution < 1.29 is 19.1 Å². The Morgan fingerprint density at radius 1 is 1.24 bits per heavy atom. The number of amides is 1. The van der Waals surface area contributed by atoms with Gasteiger partial charge in [0.15, 0.2) is 0 Å². The van der Waals surface area contributed by atoms with Crippen molar-refractivity contribution in [2.45, 2.75) is 40.0 Å². The lowest BCUT2D eigenvalue weighted by molar-refractivity contribution is -0.116. The molecule has 0 spiro atoms. The molecular weight excluding hydrogens is 290 g/mol. The molecule has 0 saturated carbocycles. The number of esters is 1. The van der Waals surface area contributed by atoms with E-state index in [1.807, 2.05) is 13.8 Å². The van der Waals surface area contributed by atoms with E-state index >= 15 is 0 Å². The van der Waals surface area contributed by atoms with E-state index < -0.39 is 5.97 Å². The number of anilines is 1. The highest BCUT2D eigenvalue weighted by Gasteiger charge is 2.18. The molecule has 0 aromatic carbocycles. The zero-order valence-corrected chi connectivity index (χ0v) is 13.7. The van der Waals surface area contributed by atoms with Crippen molar-refractivity contribution in [3.05, 3.63) is 16.5 Å². The maximum Gasteiger partial charge on any atom is 0.341 e. The third-order valence-corrected chi connectivity index (χ3v) is 3.97. The van der Waals surface area contributed by atoms with Crippen LogP contribution in [0.3, 0.4) is 0 Å². The molecule has 1 N–H and O–H groups in total. The molecule has 1 rings (SSSR count). The van der Waals surface area contributed by atoms with Gasteiger partial charge in [-0.15, -0.1) is 11.3 Å². The van der Waals surface area contributed by atoms with Crippen LogP contribution in [0.2, 0.25) is 0 Å². The van der Waals surface area contributed by atoms with Gasteiger partial charge in [0, 0.05) is 24.5 Å². The van der Waals surface area contributed by atoms with Gasteiger partial charge >= 0.3 is 5.97 Å². The first-order chi connectivity index (χ1) is 10.1. The van der Waals surface area contributed by atoms with Gasteiger partial charge in [0.05, 0.1) is 12.2 Å². The fourth-order valence-electron chi connectivity index (χ4n) is 1.74. The van der Waals surface area contributed by atoms with E-state index in [0.29, 0.717) is 43.2 Å². The zero-order valence-electron chi connectivity index (χ0n) is 12.9. The van der Waals surface area contributed by atoms with Crippen molar-refractivity contribution in [2.24, 2.45) is 0 Å². The van der Waals surface area contributed by atoms with E-state index in [1.54, 1.807) is 13.0 Å². The Balaban J connectivity index is 2.66. The van der Waals surface area contributed by atoms with Gasteiger partial charge in [0.25, 0.3) is 0 Å². The Hall–Kier alpha value is -1.40. The van der Waals surface area contributed by atoms with Crippen LogP contribution < -0.4 is 5.32 Å². The summed E-state index contributed by atoms with van der Waals surface area (Å²) >= 11 is 1.42. The molecule has 0 aliphatic heterocycles. The average Bonchev–Trinajstić information content (AvgIpc) is 2.87. The Morgan fingerprint density at radius 2 is 2.00 bits per heavy atom. The molecule has 5 nitrogen and oxygen atoms in total. The molecule has 1 aromatic heterocycles. The van der Waals surface area contributed by atoms with Gasteiger partial charge in [-0.1, -0.05) is 6.92 Å². The number of rotatable bonds is 9. The molecule has 0 aliphatic rings. The second-order valence-electron chi connectivity index (χ2n) is 4.38. The quantitative estimate of drug-likeness (QED) is 0.561. The van der Waals surface area contributed by atoms with Crippen LogP contribution in [-0.4, -0.2) is 31.7 Å². The van der Waals surface area contributed by atoms with E-state index in [0.717, 1.165) is 11.3 Å². The van der Waals surface area contributed by atoms with Crippen LogP contribution in [0.25, 0.3) is 0 Å². The molecule has 0 aliphatic carbocycles. The Bertz CT molecular complexity index is 470. The van der Waals surface area contributed by atoms with Crippen molar-refractivity contribution in [3.8, 4) is 0 Å². The van der Waals surface area contributed by atoms with Crippen molar-refractivity contribution in [3.63, 3.8) is 0 Å². The minimum Gasteiger partial charge on any atom is -0.462 e. The first kappa shape index (κ1) is 17.7. The summed E-state index contributed by atoms with van der Waals surface area (Å²) < 4.78 is 10.2. The Kier molecular flexibility index (Phi) is 8.00. The van der Waals surface area contributed by atoms with Crippen LogP contribution in [0.5, 0.6) is 0 Å². The molecule has 0 fully saturated rings. The van der Waals surface area contributed by atoms with Gasteiger partial charge in [-0.3, -0.25) is 4.79 Å². The summed E-state index contributed by atoms with van der Waals surface area (Å²) in [5.74, 6) is -0.497. The maximum absolute atomic E-state index is 11.9. The van der Waals surface area contributed by atoms with Crippen LogP contribution in [0, 0.1) is 0 Å². The second-order valence-corrected chi connectivity index (χ2v) is 5.51. The van der Waals surface area contributed by atoms with Crippen molar-refractivity contribution in [2.75, 3.05) is 25.1 Å². The highest BCUT2D eigenvalue weighted by atomic mass is 32.1. The normalized spacial score (nSPS) is 10.4. The molecule has 118 valence electrons. The third kappa shape index (κ3) is 5.85. The number of nitrogens with one attached hydrogen (secondary N) is 1. The Labute approximate surface area is 129 Å². The maximum atomic E-state index is 11.9. The molecule has 0 unspecified atom stereocenters. The first-order valence-electron chi connectivity index (χ1n) is 7.29. The molecule has 0 radical (unpaired) electrons. The van der Waals surface area contributed by atoms with Crippen LogP contribution in [-0.2, 0) is 20.7 Å². The summed E-state index contributed by atoms with van der Waals surface area (Å²) in [6.07, 6.45) is 1.86. The fourth-order valence-corrected chi connectivity index (χ4v) is 2.74. The van der Waals surface area contributed by atoms with Gasteiger partial charge in [-0.2, -0.15) is 0 Å². The van der Waals surface area contributed by atoms with E-state index in [2.05, 4.69) is 5.32 Å². The van der Waals surface area contributed by atoms with Gasteiger partial charge in [-0.25, -0.2) is 4.79 Å². The number of carbonyl (C=O) groups excluding carboxylic acids is 2. The monoisotopic (exact) mass is 313 g/mol. The molecule has 1 aromatic rings. The predicted molar refractivity (Wildman–Crippen MR) is 84.0 cm³/mol. The van der Waals surface area contributed by atoms with Crippen molar-refractivity contribution >= 4 is 28.2 Å². The largest absolute Gasteiger partial charge is 0.462 e. The van der Waals surface area contributed by atoms with Crippen LogP contribution in [0.4, 0.5) is 5.00 Å². The summed E-state index contributed by atoms with van der Waals surface area (Å²) in [5.41, 5.74) is 0.442. The summed E-state index contributed by atoms with van der Waals surface area (Å²) in [6, 6.07) is 1.79. The summed E-state index contributed by atoms with van der Waals surface area (Å²) in [6.45, 7) is 7.23. The topological polar surface area (TPSA) is 64.6 Å². The number of hydrogen-bond donors (Lipinski definition) is 1. The van der Waals surface area contributed by atoms with Gasteiger partial charge in [0.2, 0.25) is 5.91 Å². The Morgan fingerprint density at radius 3 is 2.62 bits per heavy atom. The van der Waals surface area contributed by atoms with E-state index in [-0.39, 0.29) is 5.91 Å². The standard InChI is InChI=1S/C15H23NO4S/c1-4-11-10-12(15(18)20-6-3)14(21-11)16-13(17)8-7-9-19-5-2/h10H,4-9H2,1-3H3,(H,16,17). The lowest BCUT2D eigenvalue weighted by Crippen LogP contribution is -2.14. The van der Waals surface area contributed by atoms with Crippen LogP contribution in [0.1, 0.15) is 48.8 Å². The van der Waals surface area contributed by atoms with E-state index in [4.69, 9.17) is 9.47 Å². The number of hydrogen-bond acceptors (Lipinski definition) is 5. The van der Waals surface area contributed by atoms with E-state index in [1.165, 1.54) is 11.3 Å². The molecule has 6 heteroatoms. The minimum absolute atomic E-state index is 0.107. The zero-order chi connectivity index (χ0) is 15.7. The van der Waals surface area contributed by atoms with E-state index in [9.17, 15) is 9.59 Å². The smallest absolute Gasteiger partial charge is 0.341 e. The highest BCUT2D eigenvalue weighted by molar-refractivity contribution is 7.16. The SMILES string of the molecule is CCOCCCC(=O)Nc1sc(CC)cc1C(=O)OCC. The average molecular weight is 313 g/mol. The van der Waals surface area contributed by atoms with Gasteiger partial charge in [0.1, 0.15) is 5.00 Å². The molecule has 21 heavy (non-hydrogen) atoms. The summed E-state index contributed by atoms with van der Waals surface area (Å²) in [5, 5.41) is 3.38. The number of ether oxygens (including phenoxy) is 2. The minimum atomic E-state index is -0.391. The van der Waals surface area contributed by atoms with Crippen LogP contribution in [0.15, 0.2) is 6.07 Å². The van der Waals surface area contributed by atoms with Crippen molar-refractivity contribution in [1.29, 1.82) is 0 Å². The van der Waals surface area contributed by atoms with Gasteiger partial charge < -0.3 is 14.8 Å².